The largest absolute Gasteiger partial charge is 0.321 e. The van der Waals surface area contributed by atoms with E-state index < -0.39 is 11.7 Å². The number of nitrogens with zero attached hydrogens (tertiary/aromatic N) is 3. The Bertz CT molecular complexity index is 915. The summed E-state index contributed by atoms with van der Waals surface area (Å²) in [5, 5.41) is 2.66. The van der Waals surface area contributed by atoms with E-state index in [0.717, 1.165) is 5.69 Å². The van der Waals surface area contributed by atoms with Gasteiger partial charge in [0.15, 0.2) is 0 Å². The van der Waals surface area contributed by atoms with Gasteiger partial charge in [0.1, 0.15) is 11.5 Å². The Balaban J connectivity index is 1.90. The molecule has 0 saturated carbocycles. The van der Waals surface area contributed by atoms with E-state index in [4.69, 9.17) is 0 Å². The number of amides is 1. The van der Waals surface area contributed by atoms with Crippen molar-refractivity contribution in [2.75, 3.05) is 16.8 Å². The Morgan fingerprint density at radius 2 is 1.85 bits per heavy atom. The number of para-hydroxylation sites is 1. The summed E-state index contributed by atoms with van der Waals surface area (Å²) in [6, 6.07) is 17.1. The fourth-order valence-corrected chi connectivity index (χ4v) is 2.60. The lowest BCUT2D eigenvalue weighted by atomic mass is 10.2. The second-order valence-corrected chi connectivity index (χ2v) is 5.74. The minimum atomic E-state index is -0.413. The maximum Gasteiger partial charge on any atom is 0.274 e. The number of hydrogen-bond donors (Lipinski definition) is 1. The molecule has 0 aliphatic heterocycles. The minimum absolute atomic E-state index is 0.228. The summed E-state index contributed by atoms with van der Waals surface area (Å²) in [7, 11) is 0. The van der Waals surface area contributed by atoms with E-state index in [0.29, 0.717) is 23.9 Å². The van der Waals surface area contributed by atoms with Crippen LogP contribution in [0.2, 0.25) is 0 Å². The number of aryl methyl sites for hydroxylation is 1. The Morgan fingerprint density at radius 3 is 2.54 bits per heavy atom. The first-order valence-electron chi connectivity index (χ1n) is 8.32. The molecular weight excluding hydrogens is 331 g/mol. The molecule has 1 amide bonds. The molecule has 26 heavy (non-hydrogen) atoms. The average Bonchev–Trinajstić information content (AvgIpc) is 2.63. The molecule has 0 saturated heterocycles. The quantitative estimate of drug-likeness (QED) is 0.744. The lowest BCUT2D eigenvalue weighted by Crippen LogP contribution is -2.22. The highest BCUT2D eigenvalue weighted by Crippen LogP contribution is 2.22. The molecular formula is C20H19FN4O. The Morgan fingerprint density at radius 1 is 1.08 bits per heavy atom. The number of carbonyl (C=O) groups is 1. The Kier molecular flexibility index (Phi) is 5.22. The van der Waals surface area contributed by atoms with Crippen molar-refractivity contribution in [1.29, 1.82) is 0 Å². The molecule has 6 heteroatoms. The standard InChI is InChI=1S/C20H19FN4O/c1-3-25(17-10-5-4-6-11-17)20-22-14(2)12-18(24-20)19(26)23-16-9-7-8-15(21)13-16/h4-13H,3H2,1-2H3,(H,23,26). The molecule has 2 aromatic carbocycles. The summed E-state index contributed by atoms with van der Waals surface area (Å²) in [6.07, 6.45) is 0. The highest BCUT2D eigenvalue weighted by molar-refractivity contribution is 6.03. The smallest absolute Gasteiger partial charge is 0.274 e. The van der Waals surface area contributed by atoms with Crippen LogP contribution in [0.4, 0.5) is 21.7 Å². The molecule has 132 valence electrons. The van der Waals surface area contributed by atoms with Crippen LogP contribution >= 0.6 is 0 Å². The van der Waals surface area contributed by atoms with Crippen molar-refractivity contribution in [1.82, 2.24) is 9.97 Å². The summed E-state index contributed by atoms with van der Waals surface area (Å²) in [5.41, 5.74) is 2.22. The van der Waals surface area contributed by atoms with E-state index in [-0.39, 0.29) is 5.69 Å². The summed E-state index contributed by atoms with van der Waals surface area (Å²) < 4.78 is 13.3. The van der Waals surface area contributed by atoms with E-state index in [9.17, 15) is 9.18 Å². The highest BCUT2D eigenvalue weighted by atomic mass is 19.1. The van der Waals surface area contributed by atoms with Crippen LogP contribution in [0.25, 0.3) is 0 Å². The molecule has 0 fully saturated rings. The number of aromatic nitrogens is 2. The van der Waals surface area contributed by atoms with Gasteiger partial charge in [-0.1, -0.05) is 24.3 Å². The first-order valence-corrected chi connectivity index (χ1v) is 8.32. The molecule has 0 aliphatic carbocycles. The highest BCUT2D eigenvalue weighted by Gasteiger charge is 2.16. The summed E-state index contributed by atoms with van der Waals surface area (Å²) in [4.78, 5) is 23.3. The number of halogens is 1. The second-order valence-electron chi connectivity index (χ2n) is 5.74. The first kappa shape index (κ1) is 17.5. The number of anilines is 3. The van der Waals surface area contributed by atoms with Gasteiger partial charge in [0.2, 0.25) is 5.95 Å². The first-order chi connectivity index (χ1) is 12.6. The Labute approximate surface area is 151 Å². The monoisotopic (exact) mass is 350 g/mol. The number of nitrogens with one attached hydrogen (secondary N) is 1. The molecule has 1 heterocycles. The van der Waals surface area contributed by atoms with Gasteiger partial charge in [-0.3, -0.25) is 4.79 Å². The van der Waals surface area contributed by atoms with Gasteiger partial charge < -0.3 is 10.2 Å². The number of carbonyl (C=O) groups excluding carboxylic acids is 1. The maximum absolute atomic E-state index is 13.3. The van der Waals surface area contributed by atoms with Crippen LogP contribution in [0.5, 0.6) is 0 Å². The summed E-state index contributed by atoms with van der Waals surface area (Å²) >= 11 is 0. The van der Waals surface area contributed by atoms with Crippen LogP contribution in [0, 0.1) is 12.7 Å². The van der Waals surface area contributed by atoms with Crippen molar-refractivity contribution in [2.45, 2.75) is 13.8 Å². The molecule has 0 atom stereocenters. The van der Waals surface area contributed by atoms with E-state index in [1.165, 1.54) is 18.2 Å². The predicted octanol–water partition coefficient (Wildman–Crippen LogP) is 4.33. The van der Waals surface area contributed by atoms with Gasteiger partial charge in [0.05, 0.1) is 0 Å². The van der Waals surface area contributed by atoms with Gasteiger partial charge in [-0.25, -0.2) is 14.4 Å². The average molecular weight is 350 g/mol. The third kappa shape index (κ3) is 4.03. The molecule has 5 nitrogen and oxygen atoms in total. The van der Waals surface area contributed by atoms with E-state index in [1.807, 2.05) is 49.1 Å². The molecule has 3 rings (SSSR count). The van der Waals surface area contributed by atoms with Crippen molar-refractivity contribution < 1.29 is 9.18 Å². The lowest BCUT2D eigenvalue weighted by molar-refractivity contribution is 0.102. The zero-order chi connectivity index (χ0) is 18.5. The predicted molar refractivity (Wildman–Crippen MR) is 100 cm³/mol. The van der Waals surface area contributed by atoms with Crippen molar-refractivity contribution in [3.63, 3.8) is 0 Å². The normalized spacial score (nSPS) is 10.4. The maximum atomic E-state index is 13.3. The second kappa shape index (κ2) is 7.74. The molecule has 0 spiro atoms. The van der Waals surface area contributed by atoms with Gasteiger partial charge in [0, 0.05) is 23.6 Å². The van der Waals surface area contributed by atoms with E-state index in [2.05, 4.69) is 15.3 Å². The van der Waals surface area contributed by atoms with E-state index >= 15 is 0 Å². The van der Waals surface area contributed by atoms with Crippen LogP contribution in [0.3, 0.4) is 0 Å². The van der Waals surface area contributed by atoms with E-state index in [1.54, 1.807) is 12.1 Å². The molecule has 0 unspecified atom stereocenters. The number of rotatable bonds is 5. The lowest BCUT2D eigenvalue weighted by Gasteiger charge is -2.21. The number of hydrogen-bond acceptors (Lipinski definition) is 4. The van der Waals surface area contributed by atoms with Crippen molar-refractivity contribution in [3.05, 3.63) is 77.9 Å². The van der Waals surface area contributed by atoms with Gasteiger partial charge in [0.25, 0.3) is 5.91 Å². The van der Waals surface area contributed by atoms with Crippen LogP contribution < -0.4 is 10.2 Å². The number of benzene rings is 2. The topological polar surface area (TPSA) is 58.1 Å². The Hall–Kier alpha value is -3.28. The zero-order valence-corrected chi connectivity index (χ0v) is 14.6. The molecule has 0 bridgehead atoms. The van der Waals surface area contributed by atoms with Gasteiger partial charge in [-0.2, -0.15) is 0 Å². The molecule has 1 aromatic heterocycles. The van der Waals surface area contributed by atoms with Crippen molar-refractivity contribution in [3.8, 4) is 0 Å². The third-order valence-electron chi connectivity index (χ3n) is 3.78. The van der Waals surface area contributed by atoms with Gasteiger partial charge in [-0.05, 0) is 50.2 Å². The molecule has 0 radical (unpaired) electrons. The zero-order valence-electron chi connectivity index (χ0n) is 14.6. The molecule has 0 aliphatic rings. The van der Waals surface area contributed by atoms with Crippen LogP contribution in [-0.4, -0.2) is 22.4 Å². The SMILES string of the molecule is CCN(c1ccccc1)c1nc(C)cc(C(=O)Nc2cccc(F)c2)n1. The molecule has 1 N–H and O–H groups in total. The van der Waals surface area contributed by atoms with Crippen molar-refractivity contribution in [2.24, 2.45) is 0 Å². The summed E-state index contributed by atoms with van der Waals surface area (Å²) in [5.74, 6) is -0.377. The van der Waals surface area contributed by atoms with Crippen molar-refractivity contribution >= 4 is 23.2 Å². The van der Waals surface area contributed by atoms with Gasteiger partial charge >= 0.3 is 0 Å². The summed E-state index contributed by atoms with van der Waals surface area (Å²) in [6.45, 7) is 4.45. The van der Waals surface area contributed by atoms with Crippen LogP contribution in [-0.2, 0) is 0 Å². The van der Waals surface area contributed by atoms with Crippen LogP contribution in [0.15, 0.2) is 60.7 Å². The minimum Gasteiger partial charge on any atom is -0.321 e. The fraction of sp³-hybridized carbons (Fsp3) is 0.150. The molecule has 3 aromatic rings. The fourth-order valence-electron chi connectivity index (χ4n) is 2.60. The van der Waals surface area contributed by atoms with Crippen LogP contribution in [0.1, 0.15) is 23.1 Å². The third-order valence-corrected chi connectivity index (χ3v) is 3.78. The van der Waals surface area contributed by atoms with Gasteiger partial charge in [-0.15, -0.1) is 0 Å².